The van der Waals surface area contributed by atoms with Crippen LogP contribution in [0.2, 0.25) is 0 Å². The Bertz CT molecular complexity index is 1730. The van der Waals surface area contributed by atoms with E-state index in [9.17, 15) is 0 Å². The van der Waals surface area contributed by atoms with Crippen molar-refractivity contribution in [2.24, 2.45) is 5.92 Å². The summed E-state index contributed by atoms with van der Waals surface area (Å²) in [5.74, 6) is -3.84. The third-order valence-electron chi connectivity index (χ3n) is 9.55. The first-order chi connectivity index (χ1) is 24.4. The van der Waals surface area contributed by atoms with Crippen LogP contribution in [0.4, 0.5) is 8.78 Å². The van der Waals surface area contributed by atoms with Crippen LogP contribution in [0.5, 0.6) is 0 Å². The molecule has 0 amide bonds. The van der Waals surface area contributed by atoms with Gasteiger partial charge in [-0.2, -0.15) is 8.78 Å². The standard InChI is InChI=1S/C44H46F2O4/c1-3-33-23-25-34(26-24-33)27-38-21-13-14-22-39(38)44(45,46)43-42(49-30-37-19-11-6-12-20-37)32(2)41(48-29-36-17-9-5-10-18-36)40(50-43)31-47-28-35-15-7-4-8-16-35/h4-26,32,40-43H,3,27-31H2,1-2H3/t32-,40+,41-,42+,43+/m0/s1. The Hall–Kier alpha value is -4.20. The Morgan fingerprint density at radius 2 is 1.08 bits per heavy atom. The van der Waals surface area contributed by atoms with Crippen molar-refractivity contribution >= 4 is 0 Å². The maximum absolute atomic E-state index is 17.3. The van der Waals surface area contributed by atoms with Crippen LogP contribution in [0.25, 0.3) is 0 Å². The highest BCUT2D eigenvalue weighted by Crippen LogP contribution is 2.45. The third-order valence-corrected chi connectivity index (χ3v) is 9.55. The number of benzene rings is 5. The number of aryl methyl sites for hydroxylation is 1. The van der Waals surface area contributed by atoms with Gasteiger partial charge in [0.15, 0.2) is 6.10 Å². The first kappa shape index (κ1) is 35.6. The Kier molecular flexibility index (Phi) is 12.2. The smallest absolute Gasteiger partial charge is 0.301 e. The third kappa shape index (κ3) is 8.93. The lowest BCUT2D eigenvalue weighted by Crippen LogP contribution is -2.60. The largest absolute Gasteiger partial charge is 0.374 e. The molecular weight excluding hydrogens is 630 g/mol. The summed E-state index contributed by atoms with van der Waals surface area (Å²) in [5.41, 5.74) is 5.55. The van der Waals surface area contributed by atoms with Gasteiger partial charge in [-0.3, -0.25) is 0 Å². The van der Waals surface area contributed by atoms with E-state index in [-0.39, 0.29) is 18.8 Å². The molecule has 1 aliphatic rings. The predicted molar refractivity (Wildman–Crippen MR) is 193 cm³/mol. The second-order valence-electron chi connectivity index (χ2n) is 13.1. The number of hydrogen-bond acceptors (Lipinski definition) is 4. The first-order valence-corrected chi connectivity index (χ1v) is 17.5. The molecule has 0 spiro atoms. The van der Waals surface area contributed by atoms with Crippen molar-refractivity contribution in [1.82, 2.24) is 0 Å². The van der Waals surface area contributed by atoms with E-state index in [2.05, 4.69) is 19.1 Å². The Morgan fingerprint density at radius 3 is 1.66 bits per heavy atom. The number of alkyl halides is 2. The van der Waals surface area contributed by atoms with Crippen LogP contribution in [0.15, 0.2) is 140 Å². The summed E-state index contributed by atoms with van der Waals surface area (Å²) in [4.78, 5) is 0. The molecular formula is C44H46F2O4. The van der Waals surface area contributed by atoms with Crippen LogP contribution in [-0.2, 0) is 57.5 Å². The molecule has 0 radical (unpaired) electrons. The van der Waals surface area contributed by atoms with Crippen LogP contribution in [0.3, 0.4) is 0 Å². The molecule has 0 aliphatic carbocycles. The Labute approximate surface area is 295 Å². The van der Waals surface area contributed by atoms with E-state index in [0.717, 1.165) is 28.7 Å². The average Bonchev–Trinajstić information content (AvgIpc) is 3.15. The zero-order chi connectivity index (χ0) is 34.8. The molecule has 0 aromatic heterocycles. The molecule has 4 nitrogen and oxygen atoms in total. The summed E-state index contributed by atoms with van der Waals surface area (Å²) in [6, 6.07) is 44.2. The fourth-order valence-electron chi connectivity index (χ4n) is 6.73. The molecule has 1 aliphatic heterocycles. The molecule has 5 aromatic rings. The summed E-state index contributed by atoms with van der Waals surface area (Å²) in [6.07, 6.45) is -2.60. The zero-order valence-electron chi connectivity index (χ0n) is 28.8. The van der Waals surface area contributed by atoms with Crippen molar-refractivity contribution in [3.63, 3.8) is 0 Å². The van der Waals surface area contributed by atoms with Crippen molar-refractivity contribution < 1.29 is 27.7 Å². The van der Waals surface area contributed by atoms with E-state index < -0.39 is 36.3 Å². The molecule has 0 unspecified atom stereocenters. The van der Waals surface area contributed by atoms with Gasteiger partial charge in [0.2, 0.25) is 0 Å². The van der Waals surface area contributed by atoms with Gasteiger partial charge in [0.25, 0.3) is 0 Å². The molecule has 5 aromatic carbocycles. The number of halogens is 2. The SMILES string of the molecule is CCc1ccc(Cc2ccccc2C(F)(F)[C@@H]2O[C@H](COCc3ccccc3)[C@@H](OCc3ccccc3)[C@H](C)[C@H]2OCc2ccccc2)cc1. The number of rotatable bonds is 15. The minimum atomic E-state index is -3.39. The molecule has 0 saturated carbocycles. The summed E-state index contributed by atoms with van der Waals surface area (Å²) >= 11 is 0. The van der Waals surface area contributed by atoms with E-state index in [1.807, 2.05) is 116 Å². The summed E-state index contributed by atoms with van der Waals surface area (Å²) < 4.78 is 60.3. The molecule has 260 valence electrons. The first-order valence-electron chi connectivity index (χ1n) is 17.5. The Morgan fingerprint density at radius 1 is 0.580 bits per heavy atom. The van der Waals surface area contributed by atoms with Gasteiger partial charge < -0.3 is 18.9 Å². The van der Waals surface area contributed by atoms with Gasteiger partial charge in [-0.05, 0) is 46.2 Å². The fourth-order valence-corrected chi connectivity index (χ4v) is 6.73. The maximum Gasteiger partial charge on any atom is 0.301 e. The monoisotopic (exact) mass is 676 g/mol. The van der Waals surface area contributed by atoms with Crippen LogP contribution in [0, 0.1) is 5.92 Å². The minimum absolute atomic E-state index is 0.0577. The van der Waals surface area contributed by atoms with E-state index in [1.54, 1.807) is 12.1 Å². The van der Waals surface area contributed by atoms with Gasteiger partial charge in [-0.1, -0.05) is 153 Å². The molecule has 0 bridgehead atoms. The van der Waals surface area contributed by atoms with Gasteiger partial charge in [0.05, 0.1) is 38.6 Å². The highest BCUT2D eigenvalue weighted by Gasteiger charge is 2.56. The van der Waals surface area contributed by atoms with E-state index >= 15 is 8.78 Å². The van der Waals surface area contributed by atoms with Crippen molar-refractivity contribution in [3.8, 4) is 0 Å². The lowest BCUT2D eigenvalue weighted by Gasteiger charge is -2.47. The van der Waals surface area contributed by atoms with Gasteiger partial charge in [-0.15, -0.1) is 0 Å². The maximum atomic E-state index is 17.3. The zero-order valence-corrected chi connectivity index (χ0v) is 28.8. The minimum Gasteiger partial charge on any atom is -0.374 e. The van der Waals surface area contributed by atoms with Crippen molar-refractivity contribution in [3.05, 3.63) is 178 Å². The average molecular weight is 677 g/mol. The van der Waals surface area contributed by atoms with Gasteiger partial charge in [0.1, 0.15) is 6.10 Å². The van der Waals surface area contributed by atoms with Crippen LogP contribution >= 0.6 is 0 Å². The molecule has 1 fully saturated rings. The number of ether oxygens (including phenoxy) is 4. The molecule has 1 heterocycles. The summed E-state index contributed by atoms with van der Waals surface area (Å²) in [6.45, 7) is 4.92. The summed E-state index contributed by atoms with van der Waals surface area (Å²) in [5, 5.41) is 0. The number of hydrogen-bond donors (Lipinski definition) is 0. The fraction of sp³-hybridized carbons (Fsp3) is 0.318. The second-order valence-corrected chi connectivity index (χ2v) is 13.1. The van der Waals surface area contributed by atoms with E-state index in [0.29, 0.717) is 25.2 Å². The topological polar surface area (TPSA) is 36.9 Å². The second kappa shape index (κ2) is 17.1. The normalized spacial score (nSPS) is 20.8. The van der Waals surface area contributed by atoms with Gasteiger partial charge in [0, 0.05) is 11.5 Å². The molecule has 6 rings (SSSR count). The van der Waals surface area contributed by atoms with Crippen LogP contribution in [-0.4, -0.2) is 31.0 Å². The molecule has 0 N–H and O–H groups in total. The lowest BCUT2D eigenvalue weighted by atomic mass is 9.82. The molecule has 1 saturated heterocycles. The lowest BCUT2D eigenvalue weighted by molar-refractivity contribution is -0.291. The van der Waals surface area contributed by atoms with Crippen molar-refractivity contribution in [1.29, 1.82) is 0 Å². The Balaban J connectivity index is 1.32. The molecule has 50 heavy (non-hydrogen) atoms. The molecule has 6 heteroatoms. The van der Waals surface area contributed by atoms with Crippen LogP contribution in [0.1, 0.15) is 52.8 Å². The van der Waals surface area contributed by atoms with E-state index in [1.165, 1.54) is 11.6 Å². The van der Waals surface area contributed by atoms with E-state index in [4.69, 9.17) is 18.9 Å². The quantitative estimate of drug-likeness (QED) is 0.111. The van der Waals surface area contributed by atoms with Gasteiger partial charge >= 0.3 is 5.92 Å². The highest BCUT2D eigenvalue weighted by molar-refractivity contribution is 5.37. The van der Waals surface area contributed by atoms with Gasteiger partial charge in [-0.25, -0.2) is 0 Å². The van der Waals surface area contributed by atoms with Crippen molar-refractivity contribution in [2.45, 2.75) is 76.8 Å². The summed E-state index contributed by atoms with van der Waals surface area (Å²) in [7, 11) is 0. The van der Waals surface area contributed by atoms with Crippen molar-refractivity contribution in [2.75, 3.05) is 6.61 Å². The highest BCUT2D eigenvalue weighted by atomic mass is 19.3. The predicted octanol–water partition coefficient (Wildman–Crippen LogP) is 9.72. The van der Waals surface area contributed by atoms with Crippen LogP contribution < -0.4 is 0 Å². The molecule has 5 atom stereocenters.